The van der Waals surface area contributed by atoms with Crippen molar-refractivity contribution >= 4 is 23.7 Å². The topological polar surface area (TPSA) is 94.2 Å². The van der Waals surface area contributed by atoms with Gasteiger partial charge in [0, 0.05) is 18.8 Å². The van der Waals surface area contributed by atoms with Gasteiger partial charge in [-0.05, 0) is 57.9 Å². The molecule has 1 N–H and O–H groups in total. The van der Waals surface area contributed by atoms with Crippen molar-refractivity contribution in [3.63, 3.8) is 0 Å². The van der Waals surface area contributed by atoms with Crippen LogP contribution >= 0.6 is 0 Å². The number of nitrogens with zero attached hydrogens (tertiary/aromatic N) is 1. The monoisotopic (exact) mass is 428 g/mol. The molecule has 10 heteroatoms. The molecule has 30 heavy (non-hydrogen) atoms. The van der Waals surface area contributed by atoms with E-state index in [1.165, 1.54) is 24.3 Å². The van der Waals surface area contributed by atoms with Crippen molar-refractivity contribution < 1.29 is 37.4 Å². The summed E-state index contributed by atoms with van der Waals surface area (Å²) in [6.45, 7) is 2.69. The Hall–Kier alpha value is -2.91. The molecule has 1 heterocycles. The van der Waals surface area contributed by atoms with Gasteiger partial charge in [0.2, 0.25) is 0 Å². The maximum absolute atomic E-state index is 12.2. The number of anilines is 1. The molecular formula is C20H26F2N2O6. The van der Waals surface area contributed by atoms with Gasteiger partial charge >= 0.3 is 18.7 Å². The minimum absolute atomic E-state index is 0.0350. The van der Waals surface area contributed by atoms with Gasteiger partial charge in [-0.15, -0.1) is 0 Å². The Balaban J connectivity index is 1.71. The lowest BCUT2D eigenvalue weighted by Gasteiger charge is -2.32. The van der Waals surface area contributed by atoms with Crippen molar-refractivity contribution in [2.45, 2.75) is 45.8 Å². The second-order valence-electron chi connectivity index (χ2n) is 7.80. The van der Waals surface area contributed by atoms with Crippen LogP contribution in [0.3, 0.4) is 0 Å². The summed E-state index contributed by atoms with van der Waals surface area (Å²) in [5.41, 5.74) is -0.237. The maximum Gasteiger partial charge on any atom is 0.410 e. The van der Waals surface area contributed by atoms with Gasteiger partial charge in [-0.1, -0.05) is 0 Å². The van der Waals surface area contributed by atoms with E-state index in [-0.39, 0.29) is 5.75 Å². The van der Waals surface area contributed by atoms with Crippen LogP contribution in [0.4, 0.5) is 19.3 Å². The van der Waals surface area contributed by atoms with Crippen molar-refractivity contribution in [1.82, 2.24) is 4.90 Å². The number of likely N-dealkylation sites (tertiary alicyclic amines) is 1. The highest BCUT2D eigenvalue weighted by atomic mass is 19.3. The number of benzene rings is 1. The van der Waals surface area contributed by atoms with Crippen LogP contribution < -0.4 is 10.1 Å². The van der Waals surface area contributed by atoms with Crippen LogP contribution in [0, 0.1) is 5.92 Å². The van der Waals surface area contributed by atoms with E-state index in [1.54, 1.807) is 25.7 Å². The van der Waals surface area contributed by atoms with Crippen molar-refractivity contribution in [3.05, 3.63) is 24.3 Å². The second kappa shape index (κ2) is 10.2. The van der Waals surface area contributed by atoms with Crippen molar-refractivity contribution in [2.24, 2.45) is 5.92 Å². The summed E-state index contributed by atoms with van der Waals surface area (Å²) in [4.78, 5) is 37.7. The first-order chi connectivity index (χ1) is 14.0. The lowest BCUT2D eigenvalue weighted by atomic mass is 9.97. The average molecular weight is 428 g/mol. The van der Waals surface area contributed by atoms with Crippen molar-refractivity contribution in [2.75, 3.05) is 25.0 Å². The number of amides is 2. The molecule has 0 unspecified atom stereocenters. The SMILES string of the molecule is CC(C)(C)OC(=O)N1CCC(C(=O)OCC(=O)Nc2ccc(OC(F)F)cc2)CC1. The van der Waals surface area contributed by atoms with E-state index in [9.17, 15) is 23.2 Å². The number of carbonyl (C=O) groups is 3. The Bertz CT molecular complexity index is 741. The lowest BCUT2D eigenvalue weighted by Crippen LogP contribution is -2.43. The quantitative estimate of drug-likeness (QED) is 0.698. The normalized spacial score (nSPS) is 14.9. The molecule has 2 rings (SSSR count). The number of carbonyl (C=O) groups excluding carboxylic acids is 3. The number of hydrogen-bond acceptors (Lipinski definition) is 6. The molecule has 2 amide bonds. The van der Waals surface area contributed by atoms with Gasteiger partial charge in [-0.25, -0.2) is 4.79 Å². The molecule has 166 valence electrons. The van der Waals surface area contributed by atoms with E-state index in [0.29, 0.717) is 31.6 Å². The molecule has 0 saturated carbocycles. The predicted molar refractivity (Wildman–Crippen MR) is 103 cm³/mol. The first kappa shape index (κ1) is 23.4. The van der Waals surface area contributed by atoms with E-state index in [0.717, 1.165) is 0 Å². The minimum Gasteiger partial charge on any atom is -0.455 e. The van der Waals surface area contributed by atoms with Crippen LogP contribution in [0.1, 0.15) is 33.6 Å². The van der Waals surface area contributed by atoms with Gasteiger partial charge in [-0.3, -0.25) is 9.59 Å². The predicted octanol–water partition coefficient (Wildman–Crippen LogP) is 3.42. The van der Waals surface area contributed by atoms with E-state index in [4.69, 9.17) is 9.47 Å². The van der Waals surface area contributed by atoms with E-state index in [2.05, 4.69) is 10.1 Å². The Morgan fingerprint density at radius 3 is 2.27 bits per heavy atom. The third kappa shape index (κ3) is 7.84. The molecule has 0 aromatic heterocycles. The van der Waals surface area contributed by atoms with Crippen LogP contribution in [0.25, 0.3) is 0 Å². The molecule has 0 aliphatic carbocycles. The molecular weight excluding hydrogens is 402 g/mol. The number of halogens is 2. The first-order valence-electron chi connectivity index (χ1n) is 9.53. The highest BCUT2D eigenvalue weighted by molar-refractivity contribution is 5.93. The smallest absolute Gasteiger partial charge is 0.410 e. The molecule has 1 saturated heterocycles. The first-order valence-corrected chi connectivity index (χ1v) is 9.53. The summed E-state index contributed by atoms with van der Waals surface area (Å²) in [6, 6.07) is 5.35. The fourth-order valence-corrected chi connectivity index (χ4v) is 2.80. The largest absolute Gasteiger partial charge is 0.455 e. The zero-order chi connectivity index (χ0) is 22.3. The molecule has 8 nitrogen and oxygen atoms in total. The number of nitrogens with one attached hydrogen (secondary N) is 1. The summed E-state index contributed by atoms with van der Waals surface area (Å²) in [5.74, 6) is -1.50. The van der Waals surface area contributed by atoms with Crippen LogP contribution in [-0.4, -0.2) is 54.8 Å². The Kier molecular flexibility index (Phi) is 7.96. The third-order valence-corrected chi connectivity index (χ3v) is 4.19. The highest BCUT2D eigenvalue weighted by Crippen LogP contribution is 2.21. The summed E-state index contributed by atoms with van der Waals surface area (Å²) in [5, 5.41) is 2.50. The molecule has 0 atom stereocenters. The Morgan fingerprint density at radius 2 is 1.73 bits per heavy atom. The molecule has 0 bridgehead atoms. The summed E-state index contributed by atoms with van der Waals surface area (Å²) in [6.07, 6.45) is 0.426. The molecule has 1 aromatic carbocycles. The van der Waals surface area contributed by atoms with E-state index < -0.39 is 42.7 Å². The molecule has 1 fully saturated rings. The Morgan fingerprint density at radius 1 is 1.13 bits per heavy atom. The highest BCUT2D eigenvalue weighted by Gasteiger charge is 2.30. The number of ether oxygens (including phenoxy) is 3. The van der Waals surface area contributed by atoms with Crippen LogP contribution in [0.2, 0.25) is 0 Å². The van der Waals surface area contributed by atoms with Gasteiger partial charge in [-0.2, -0.15) is 8.78 Å². The zero-order valence-corrected chi connectivity index (χ0v) is 17.2. The third-order valence-electron chi connectivity index (χ3n) is 4.19. The standard InChI is InChI=1S/C20H26F2N2O6/c1-20(2,3)30-19(27)24-10-8-13(9-11-24)17(26)28-12-16(25)23-14-4-6-15(7-5-14)29-18(21)22/h4-7,13,18H,8-12H2,1-3H3,(H,23,25). The molecule has 1 aromatic rings. The number of hydrogen-bond donors (Lipinski definition) is 1. The summed E-state index contributed by atoms with van der Waals surface area (Å²) in [7, 11) is 0. The van der Waals surface area contributed by atoms with Gasteiger partial charge in [0.1, 0.15) is 11.4 Å². The van der Waals surface area contributed by atoms with Gasteiger partial charge < -0.3 is 24.4 Å². The average Bonchev–Trinajstić information content (AvgIpc) is 2.66. The molecule has 1 aliphatic heterocycles. The fraction of sp³-hybridized carbons (Fsp3) is 0.550. The minimum atomic E-state index is -2.93. The second-order valence-corrected chi connectivity index (χ2v) is 7.80. The molecule has 0 spiro atoms. The summed E-state index contributed by atoms with van der Waals surface area (Å²) >= 11 is 0. The van der Waals surface area contributed by atoms with Crippen LogP contribution in [0.15, 0.2) is 24.3 Å². The fourth-order valence-electron chi connectivity index (χ4n) is 2.80. The Labute approximate surface area is 173 Å². The number of alkyl halides is 2. The molecule has 1 aliphatic rings. The number of esters is 1. The maximum atomic E-state index is 12.2. The summed E-state index contributed by atoms with van der Waals surface area (Å²) < 4.78 is 38.8. The van der Waals surface area contributed by atoms with Gasteiger partial charge in [0.15, 0.2) is 6.61 Å². The molecule has 0 radical (unpaired) electrons. The number of rotatable bonds is 6. The van der Waals surface area contributed by atoms with Crippen molar-refractivity contribution in [1.29, 1.82) is 0 Å². The van der Waals surface area contributed by atoms with E-state index in [1.807, 2.05) is 0 Å². The van der Waals surface area contributed by atoms with Crippen LogP contribution in [-0.2, 0) is 19.1 Å². The number of piperidine rings is 1. The van der Waals surface area contributed by atoms with Gasteiger partial charge in [0.05, 0.1) is 5.92 Å². The lowest BCUT2D eigenvalue weighted by molar-refractivity contribution is -0.153. The zero-order valence-electron chi connectivity index (χ0n) is 17.2. The van der Waals surface area contributed by atoms with E-state index >= 15 is 0 Å². The van der Waals surface area contributed by atoms with Crippen molar-refractivity contribution in [3.8, 4) is 5.75 Å². The van der Waals surface area contributed by atoms with Gasteiger partial charge in [0.25, 0.3) is 5.91 Å². The van der Waals surface area contributed by atoms with Crippen LogP contribution in [0.5, 0.6) is 5.75 Å².